The molecule has 2 aromatic rings. The molecule has 2 aromatic carbocycles. The van der Waals surface area contributed by atoms with Crippen molar-refractivity contribution < 1.29 is 19.4 Å². The van der Waals surface area contributed by atoms with E-state index in [-0.39, 0.29) is 24.6 Å². The first-order valence-electron chi connectivity index (χ1n) is 9.15. The van der Waals surface area contributed by atoms with Gasteiger partial charge in [-0.1, -0.05) is 48.5 Å². The van der Waals surface area contributed by atoms with Crippen LogP contribution in [0.2, 0.25) is 0 Å². The smallest absolute Gasteiger partial charge is 0.315 e. The topological polar surface area (TPSA) is 87.7 Å². The van der Waals surface area contributed by atoms with Gasteiger partial charge < -0.3 is 20.5 Å². The zero-order valence-electron chi connectivity index (χ0n) is 15.1. The fraction of sp³-hybridized carbons (Fsp3) is 0.333. The largest absolute Gasteiger partial charge is 0.488 e. The van der Waals surface area contributed by atoms with Gasteiger partial charge in [-0.3, -0.25) is 4.79 Å². The number of nitrogens with one attached hydrogen (secondary N) is 2. The van der Waals surface area contributed by atoms with Gasteiger partial charge in [0.25, 0.3) is 0 Å². The Labute approximate surface area is 158 Å². The summed E-state index contributed by atoms with van der Waals surface area (Å²) >= 11 is 0. The summed E-state index contributed by atoms with van der Waals surface area (Å²) in [6.07, 6.45) is 1.66. The summed E-state index contributed by atoms with van der Waals surface area (Å²) < 4.78 is 5.82. The number of rotatable bonds is 8. The molecule has 1 aliphatic heterocycles. The molecule has 0 aliphatic carbocycles. The number of para-hydroxylation sites is 1. The van der Waals surface area contributed by atoms with Gasteiger partial charge in [0, 0.05) is 18.9 Å². The van der Waals surface area contributed by atoms with Crippen molar-refractivity contribution in [3.63, 3.8) is 0 Å². The fourth-order valence-corrected chi connectivity index (χ4v) is 3.23. The zero-order valence-corrected chi connectivity index (χ0v) is 15.1. The SMILES string of the molecule is O=C(O)CCC(Cc1ccccc1)NC(=O)NCC1Cc2ccccc2O1. The molecule has 0 saturated carbocycles. The first kappa shape index (κ1) is 18.8. The third-order valence-electron chi connectivity index (χ3n) is 4.57. The summed E-state index contributed by atoms with van der Waals surface area (Å²) in [5.41, 5.74) is 2.20. The predicted octanol–water partition coefficient (Wildman–Crippen LogP) is 2.77. The van der Waals surface area contributed by atoms with Gasteiger partial charge in [-0.25, -0.2) is 4.79 Å². The normalized spacial score (nSPS) is 16.1. The summed E-state index contributed by atoms with van der Waals surface area (Å²) in [7, 11) is 0. The minimum atomic E-state index is -0.868. The van der Waals surface area contributed by atoms with E-state index in [2.05, 4.69) is 10.6 Å². The van der Waals surface area contributed by atoms with Gasteiger partial charge in [0.15, 0.2) is 0 Å². The molecule has 3 rings (SSSR count). The molecule has 142 valence electrons. The van der Waals surface area contributed by atoms with Crippen molar-refractivity contribution >= 4 is 12.0 Å². The molecule has 0 aromatic heterocycles. The molecule has 1 heterocycles. The van der Waals surface area contributed by atoms with Crippen molar-refractivity contribution in [3.05, 3.63) is 65.7 Å². The van der Waals surface area contributed by atoms with Crippen LogP contribution in [0.15, 0.2) is 54.6 Å². The number of carbonyl (C=O) groups excluding carboxylic acids is 1. The van der Waals surface area contributed by atoms with Gasteiger partial charge in [0.1, 0.15) is 11.9 Å². The van der Waals surface area contributed by atoms with Gasteiger partial charge in [0.2, 0.25) is 0 Å². The molecule has 0 bridgehead atoms. The number of hydrogen-bond donors (Lipinski definition) is 3. The summed E-state index contributed by atoms with van der Waals surface area (Å²) in [5, 5.41) is 14.7. The van der Waals surface area contributed by atoms with Crippen LogP contribution >= 0.6 is 0 Å². The lowest BCUT2D eigenvalue weighted by Gasteiger charge is -2.19. The molecule has 0 saturated heterocycles. The van der Waals surface area contributed by atoms with E-state index in [4.69, 9.17) is 9.84 Å². The highest BCUT2D eigenvalue weighted by atomic mass is 16.5. The van der Waals surface area contributed by atoms with Crippen LogP contribution in [0.5, 0.6) is 5.75 Å². The van der Waals surface area contributed by atoms with E-state index in [0.717, 1.165) is 23.3 Å². The number of ether oxygens (including phenoxy) is 1. The lowest BCUT2D eigenvalue weighted by Crippen LogP contribution is -2.46. The fourth-order valence-electron chi connectivity index (χ4n) is 3.23. The summed E-state index contributed by atoms with van der Waals surface area (Å²) in [5.74, 6) is 0.000473. The van der Waals surface area contributed by atoms with Gasteiger partial charge in [-0.15, -0.1) is 0 Å². The number of hydrogen-bond acceptors (Lipinski definition) is 3. The maximum Gasteiger partial charge on any atom is 0.315 e. The first-order chi connectivity index (χ1) is 13.1. The van der Waals surface area contributed by atoms with E-state index in [1.165, 1.54) is 0 Å². The minimum Gasteiger partial charge on any atom is -0.488 e. The molecule has 27 heavy (non-hydrogen) atoms. The number of fused-ring (bicyclic) bond motifs is 1. The highest BCUT2D eigenvalue weighted by molar-refractivity contribution is 5.74. The van der Waals surface area contributed by atoms with E-state index >= 15 is 0 Å². The molecule has 1 aliphatic rings. The zero-order chi connectivity index (χ0) is 19.1. The van der Waals surface area contributed by atoms with E-state index in [1.54, 1.807) is 0 Å². The standard InChI is InChI=1S/C21H24N2O4/c24-20(25)11-10-17(12-15-6-2-1-3-7-15)23-21(26)22-14-18-13-16-8-4-5-9-19(16)27-18/h1-9,17-18H,10-14H2,(H,24,25)(H2,22,23,26). The number of benzene rings is 2. The quantitative estimate of drug-likeness (QED) is 0.669. The maximum absolute atomic E-state index is 12.3. The second kappa shape index (κ2) is 9.07. The molecule has 0 spiro atoms. The lowest BCUT2D eigenvalue weighted by molar-refractivity contribution is -0.137. The first-order valence-corrected chi connectivity index (χ1v) is 9.15. The van der Waals surface area contributed by atoms with Crippen molar-refractivity contribution in [3.8, 4) is 5.75 Å². The average Bonchev–Trinajstić information content (AvgIpc) is 3.08. The van der Waals surface area contributed by atoms with Gasteiger partial charge in [0.05, 0.1) is 6.54 Å². The molecular formula is C21H24N2O4. The predicted molar refractivity (Wildman–Crippen MR) is 102 cm³/mol. The minimum absolute atomic E-state index is 0.0127. The van der Waals surface area contributed by atoms with Crippen LogP contribution in [0, 0.1) is 0 Å². The molecule has 2 atom stereocenters. The highest BCUT2D eigenvalue weighted by Crippen LogP contribution is 2.27. The number of urea groups is 1. The molecule has 3 N–H and O–H groups in total. The van der Waals surface area contributed by atoms with Crippen LogP contribution in [0.25, 0.3) is 0 Å². The molecule has 0 radical (unpaired) electrons. The van der Waals surface area contributed by atoms with Gasteiger partial charge >= 0.3 is 12.0 Å². The lowest BCUT2D eigenvalue weighted by atomic mass is 10.0. The van der Waals surface area contributed by atoms with Crippen LogP contribution in [0.4, 0.5) is 4.79 Å². The Morgan fingerprint density at radius 3 is 2.59 bits per heavy atom. The molecule has 6 heteroatoms. The van der Waals surface area contributed by atoms with E-state index in [1.807, 2.05) is 54.6 Å². The molecular weight excluding hydrogens is 344 g/mol. The van der Waals surface area contributed by atoms with Crippen LogP contribution in [0.3, 0.4) is 0 Å². The Morgan fingerprint density at radius 1 is 1.11 bits per heavy atom. The Bertz CT molecular complexity index is 754. The molecule has 2 unspecified atom stereocenters. The number of carbonyl (C=O) groups is 2. The number of amides is 2. The van der Waals surface area contributed by atoms with Crippen LogP contribution in [0.1, 0.15) is 24.0 Å². The van der Waals surface area contributed by atoms with Crippen molar-refractivity contribution in [2.75, 3.05) is 6.54 Å². The van der Waals surface area contributed by atoms with Crippen molar-refractivity contribution in [1.29, 1.82) is 0 Å². The van der Waals surface area contributed by atoms with Gasteiger partial charge in [-0.2, -0.15) is 0 Å². The Morgan fingerprint density at radius 2 is 1.85 bits per heavy atom. The number of carboxylic acids is 1. The van der Waals surface area contributed by atoms with Crippen molar-refractivity contribution in [2.24, 2.45) is 0 Å². The maximum atomic E-state index is 12.3. The third-order valence-corrected chi connectivity index (χ3v) is 4.57. The Hall–Kier alpha value is -3.02. The summed E-state index contributed by atoms with van der Waals surface area (Å²) in [6, 6.07) is 17.0. The molecule has 2 amide bonds. The number of carboxylic acid groups (broad SMARTS) is 1. The summed E-state index contributed by atoms with van der Waals surface area (Å²) in [6.45, 7) is 0.400. The van der Waals surface area contributed by atoms with E-state index < -0.39 is 5.97 Å². The van der Waals surface area contributed by atoms with Crippen molar-refractivity contribution in [1.82, 2.24) is 10.6 Å². The van der Waals surface area contributed by atoms with Crippen LogP contribution in [-0.4, -0.2) is 35.8 Å². The summed E-state index contributed by atoms with van der Waals surface area (Å²) in [4.78, 5) is 23.2. The number of aliphatic carboxylic acids is 1. The van der Waals surface area contributed by atoms with E-state index in [0.29, 0.717) is 19.4 Å². The van der Waals surface area contributed by atoms with E-state index in [9.17, 15) is 9.59 Å². The Balaban J connectivity index is 1.49. The highest BCUT2D eigenvalue weighted by Gasteiger charge is 2.23. The second-order valence-electron chi connectivity index (χ2n) is 6.73. The molecule has 6 nitrogen and oxygen atoms in total. The molecule has 0 fully saturated rings. The van der Waals surface area contributed by atoms with Gasteiger partial charge in [-0.05, 0) is 30.0 Å². The monoisotopic (exact) mass is 368 g/mol. The Kier molecular flexibility index (Phi) is 6.30. The third kappa shape index (κ3) is 5.74. The van der Waals surface area contributed by atoms with Crippen molar-refractivity contribution in [2.45, 2.75) is 37.8 Å². The second-order valence-corrected chi connectivity index (χ2v) is 6.73. The van der Waals surface area contributed by atoms with Crippen LogP contribution < -0.4 is 15.4 Å². The van der Waals surface area contributed by atoms with Crippen LogP contribution in [-0.2, 0) is 17.6 Å². The average molecular weight is 368 g/mol.